The van der Waals surface area contributed by atoms with Gasteiger partial charge in [0.05, 0.1) is 23.5 Å². The fourth-order valence-electron chi connectivity index (χ4n) is 2.50. The van der Waals surface area contributed by atoms with Crippen LogP contribution in [0.4, 0.5) is 10.1 Å². The van der Waals surface area contributed by atoms with Gasteiger partial charge in [-0.15, -0.1) is 0 Å². The number of rotatable bonds is 2. The van der Waals surface area contributed by atoms with Gasteiger partial charge >= 0.3 is 0 Å². The zero-order chi connectivity index (χ0) is 13.3. The van der Waals surface area contributed by atoms with Crippen molar-refractivity contribution in [2.24, 2.45) is 0 Å². The molecule has 18 heavy (non-hydrogen) atoms. The van der Waals surface area contributed by atoms with Crippen molar-refractivity contribution in [3.63, 3.8) is 0 Å². The molecule has 0 aromatic heterocycles. The SMILES string of the molecule is CC(=O)c1c(F)cccc1N1CC(C)OC(C)C1. The van der Waals surface area contributed by atoms with Gasteiger partial charge in [0.15, 0.2) is 5.78 Å². The quantitative estimate of drug-likeness (QED) is 0.757. The molecule has 1 aromatic carbocycles. The van der Waals surface area contributed by atoms with Crippen molar-refractivity contribution >= 4 is 11.5 Å². The standard InChI is InChI=1S/C14H18FNO2/c1-9-7-16(8-10(2)18-9)13-6-4-5-12(15)14(13)11(3)17/h4-6,9-10H,7-8H2,1-3H3. The molecule has 3 nitrogen and oxygen atoms in total. The maximum atomic E-state index is 13.8. The van der Waals surface area contributed by atoms with E-state index in [-0.39, 0.29) is 23.6 Å². The summed E-state index contributed by atoms with van der Waals surface area (Å²) in [6, 6.07) is 4.76. The first-order chi connectivity index (χ1) is 8.49. The minimum Gasteiger partial charge on any atom is -0.372 e. The van der Waals surface area contributed by atoms with Gasteiger partial charge < -0.3 is 9.64 Å². The Morgan fingerprint density at radius 2 is 1.94 bits per heavy atom. The molecule has 0 saturated carbocycles. The summed E-state index contributed by atoms with van der Waals surface area (Å²) >= 11 is 0. The second-order valence-corrected chi connectivity index (χ2v) is 4.85. The van der Waals surface area contributed by atoms with Crippen LogP contribution in [0.15, 0.2) is 18.2 Å². The third kappa shape index (κ3) is 2.53. The molecule has 1 heterocycles. The van der Waals surface area contributed by atoms with Crippen LogP contribution in [0.25, 0.3) is 0 Å². The van der Waals surface area contributed by atoms with Gasteiger partial charge in [0.25, 0.3) is 0 Å². The van der Waals surface area contributed by atoms with Gasteiger partial charge in [-0.3, -0.25) is 4.79 Å². The maximum absolute atomic E-state index is 13.8. The number of ketones is 1. The summed E-state index contributed by atoms with van der Waals surface area (Å²) < 4.78 is 19.4. The van der Waals surface area contributed by atoms with Crippen LogP contribution in [0.5, 0.6) is 0 Å². The Morgan fingerprint density at radius 3 is 2.50 bits per heavy atom. The number of carbonyl (C=O) groups excluding carboxylic acids is 1. The number of halogens is 1. The fourth-order valence-corrected chi connectivity index (χ4v) is 2.50. The van der Waals surface area contributed by atoms with E-state index in [1.54, 1.807) is 12.1 Å². The summed E-state index contributed by atoms with van der Waals surface area (Å²) in [7, 11) is 0. The van der Waals surface area contributed by atoms with E-state index in [2.05, 4.69) is 0 Å². The van der Waals surface area contributed by atoms with Crippen LogP contribution in [0.2, 0.25) is 0 Å². The maximum Gasteiger partial charge on any atom is 0.164 e. The third-order valence-corrected chi connectivity index (χ3v) is 3.10. The molecule has 4 heteroatoms. The highest BCUT2D eigenvalue weighted by Gasteiger charge is 2.25. The number of hydrogen-bond donors (Lipinski definition) is 0. The van der Waals surface area contributed by atoms with Crippen LogP contribution in [0.3, 0.4) is 0 Å². The molecule has 0 amide bonds. The zero-order valence-corrected chi connectivity index (χ0v) is 10.9. The molecule has 2 rings (SSSR count). The lowest BCUT2D eigenvalue weighted by Gasteiger charge is -2.37. The Hall–Kier alpha value is -1.42. The van der Waals surface area contributed by atoms with E-state index >= 15 is 0 Å². The summed E-state index contributed by atoms with van der Waals surface area (Å²) in [5.41, 5.74) is 0.850. The molecule has 2 unspecified atom stereocenters. The average Bonchev–Trinajstić information content (AvgIpc) is 2.26. The highest BCUT2D eigenvalue weighted by Crippen LogP contribution is 2.26. The van der Waals surface area contributed by atoms with Gasteiger partial charge in [0, 0.05) is 13.1 Å². The normalized spacial score (nSPS) is 24.1. The molecule has 1 aromatic rings. The topological polar surface area (TPSA) is 29.5 Å². The third-order valence-electron chi connectivity index (χ3n) is 3.10. The molecule has 0 spiro atoms. The number of carbonyl (C=O) groups is 1. The lowest BCUT2D eigenvalue weighted by Crippen LogP contribution is -2.46. The highest BCUT2D eigenvalue weighted by atomic mass is 19.1. The van der Waals surface area contributed by atoms with Crippen LogP contribution < -0.4 is 4.90 Å². The van der Waals surface area contributed by atoms with Crippen LogP contribution >= 0.6 is 0 Å². The van der Waals surface area contributed by atoms with Gasteiger partial charge in [0.1, 0.15) is 5.82 Å². The first-order valence-electron chi connectivity index (χ1n) is 6.19. The van der Waals surface area contributed by atoms with Crippen LogP contribution in [0.1, 0.15) is 31.1 Å². The van der Waals surface area contributed by atoms with E-state index in [1.165, 1.54) is 13.0 Å². The van der Waals surface area contributed by atoms with E-state index < -0.39 is 5.82 Å². The molecule has 98 valence electrons. The number of Topliss-reactive ketones (excluding diaryl/α,β-unsaturated/α-hetero) is 1. The summed E-state index contributed by atoms with van der Waals surface area (Å²) in [6.45, 7) is 6.71. The van der Waals surface area contributed by atoms with Crippen LogP contribution in [-0.4, -0.2) is 31.1 Å². The van der Waals surface area contributed by atoms with Crippen molar-refractivity contribution < 1.29 is 13.9 Å². The smallest absolute Gasteiger partial charge is 0.164 e. The molecule has 0 aliphatic carbocycles. The Kier molecular flexibility index (Phi) is 3.66. The van der Waals surface area contributed by atoms with Crippen molar-refractivity contribution in [1.82, 2.24) is 0 Å². The van der Waals surface area contributed by atoms with Crippen LogP contribution in [0, 0.1) is 5.82 Å². The molecule has 0 bridgehead atoms. The molecule has 0 N–H and O–H groups in total. The molecule has 2 atom stereocenters. The number of anilines is 1. The Labute approximate surface area is 107 Å². The number of hydrogen-bond acceptors (Lipinski definition) is 3. The number of ether oxygens (including phenoxy) is 1. The number of morpholine rings is 1. The van der Waals surface area contributed by atoms with Gasteiger partial charge in [-0.25, -0.2) is 4.39 Å². The van der Waals surface area contributed by atoms with Gasteiger partial charge in [-0.1, -0.05) is 6.07 Å². The van der Waals surface area contributed by atoms with Crippen molar-refractivity contribution in [2.75, 3.05) is 18.0 Å². The number of nitrogens with zero attached hydrogens (tertiary/aromatic N) is 1. The van der Waals surface area contributed by atoms with Gasteiger partial charge in [-0.05, 0) is 32.9 Å². The van der Waals surface area contributed by atoms with Crippen molar-refractivity contribution in [2.45, 2.75) is 33.0 Å². The van der Waals surface area contributed by atoms with Crippen molar-refractivity contribution in [3.8, 4) is 0 Å². The van der Waals surface area contributed by atoms with E-state index in [0.29, 0.717) is 18.8 Å². The minimum absolute atomic E-state index is 0.0804. The Morgan fingerprint density at radius 1 is 1.33 bits per heavy atom. The number of benzene rings is 1. The van der Waals surface area contributed by atoms with E-state index in [4.69, 9.17) is 4.74 Å². The first-order valence-corrected chi connectivity index (χ1v) is 6.19. The highest BCUT2D eigenvalue weighted by molar-refractivity contribution is 6.00. The second-order valence-electron chi connectivity index (χ2n) is 4.85. The van der Waals surface area contributed by atoms with E-state index in [0.717, 1.165) is 0 Å². The van der Waals surface area contributed by atoms with Gasteiger partial charge in [-0.2, -0.15) is 0 Å². The molecule has 1 fully saturated rings. The summed E-state index contributed by atoms with van der Waals surface area (Å²) in [5.74, 6) is -0.693. The lowest BCUT2D eigenvalue weighted by atomic mass is 10.1. The summed E-state index contributed by atoms with van der Waals surface area (Å²) in [4.78, 5) is 13.6. The molecule has 0 radical (unpaired) electrons. The monoisotopic (exact) mass is 251 g/mol. The Bertz CT molecular complexity index is 451. The summed E-state index contributed by atoms with van der Waals surface area (Å²) in [6.07, 6.45) is 0.161. The van der Waals surface area contributed by atoms with E-state index in [1.807, 2.05) is 18.7 Å². The van der Waals surface area contributed by atoms with E-state index in [9.17, 15) is 9.18 Å². The largest absolute Gasteiger partial charge is 0.372 e. The van der Waals surface area contributed by atoms with Crippen molar-refractivity contribution in [3.05, 3.63) is 29.6 Å². The fraction of sp³-hybridized carbons (Fsp3) is 0.500. The van der Waals surface area contributed by atoms with Crippen LogP contribution in [-0.2, 0) is 4.74 Å². The molecular weight excluding hydrogens is 233 g/mol. The Balaban J connectivity index is 2.38. The lowest BCUT2D eigenvalue weighted by molar-refractivity contribution is -0.00528. The second kappa shape index (κ2) is 5.06. The first kappa shape index (κ1) is 13.0. The zero-order valence-electron chi connectivity index (χ0n) is 10.9. The summed E-state index contributed by atoms with van der Waals surface area (Å²) in [5, 5.41) is 0. The molecular formula is C14H18FNO2. The average molecular weight is 251 g/mol. The van der Waals surface area contributed by atoms with Gasteiger partial charge in [0.2, 0.25) is 0 Å². The predicted molar refractivity (Wildman–Crippen MR) is 68.6 cm³/mol. The molecule has 1 aliphatic heterocycles. The molecule has 1 saturated heterocycles. The predicted octanol–water partition coefficient (Wildman–Crippen LogP) is 2.64. The van der Waals surface area contributed by atoms with Crippen molar-refractivity contribution in [1.29, 1.82) is 0 Å². The minimum atomic E-state index is -0.452. The molecule has 1 aliphatic rings.